The summed E-state index contributed by atoms with van der Waals surface area (Å²) in [6.45, 7) is 7.69. The minimum absolute atomic E-state index is 0.0824. The number of anilines is 1. The smallest absolute Gasteiger partial charge is 0.368 e. The van der Waals surface area contributed by atoms with Crippen molar-refractivity contribution >= 4 is 22.6 Å². The first-order chi connectivity index (χ1) is 17.3. The molecule has 3 heterocycles. The number of halogens is 1. The van der Waals surface area contributed by atoms with Crippen molar-refractivity contribution in [3.05, 3.63) is 82.0 Å². The summed E-state index contributed by atoms with van der Waals surface area (Å²) in [6, 6.07) is 11.0. The Hall–Kier alpha value is -4.05. The maximum atomic E-state index is 15.1. The van der Waals surface area contributed by atoms with Crippen molar-refractivity contribution in [3.63, 3.8) is 0 Å². The van der Waals surface area contributed by atoms with E-state index in [1.54, 1.807) is 28.6 Å². The molecule has 0 unspecified atom stereocenters. The van der Waals surface area contributed by atoms with E-state index in [1.807, 2.05) is 24.0 Å². The fraction of sp³-hybridized carbons (Fsp3) is 0.308. The number of rotatable bonds is 6. The quantitative estimate of drug-likeness (QED) is 0.414. The van der Waals surface area contributed by atoms with Gasteiger partial charge in [0.25, 0.3) is 5.89 Å². The number of piperazine rings is 1. The topological polar surface area (TPSA) is 95.7 Å². The van der Waals surface area contributed by atoms with E-state index >= 15 is 4.39 Å². The zero-order valence-electron chi connectivity index (χ0n) is 20.1. The van der Waals surface area contributed by atoms with Crippen LogP contribution in [0.4, 0.5) is 10.1 Å². The third-order valence-corrected chi connectivity index (χ3v) is 6.61. The predicted molar refractivity (Wildman–Crippen MR) is 131 cm³/mol. The Morgan fingerprint density at radius 1 is 1.17 bits per heavy atom. The van der Waals surface area contributed by atoms with Crippen LogP contribution in [0.1, 0.15) is 28.7 Å². The first-order valence-electron chi connectivity index (χ1n) is 11.8. The first-order valence-corrected chi connectivity index (χ1v) is 11.8. The summed E-state index contributed by atoms with van der Waals surface area (Å²) in [5, 5.41) is 13.7. The number of carboxylic acids is 1. The minimum Gasteiger partial charge on any atom is -0.477 e. The van der Waals surface area contributed by atoms with E-state index in [9.17, 15) is 14.7 Å². The number of benzene rings is 2. The van der Waals surface area contributed by atoms with Crippen molar-refractivity contribution < 1.29 is 23.4 Å². The van der Waals surface area contributed by atoms with Gasteiger partial charge in [-0.05, 0) is 29.3 Å². The van der Waals surface area contributed by atoms with Gasteiger partial charge < -0.3 is 19.0 Å². The monoisotopic (exact) mass is 492 g/mol. The number of fused-ring (bicyclic) bond motifs is 1. The van der Waals surface area contributed by atoms with Crippen molar-refractivity contribution in [2.75, 3.05) is 31.1 Å². The van der Waals surface area contributed by atoms with E-state index in [2.05, 4.69) is 22.1 Å². The van der Waals surface area contributed by atoms with Crippen LogP contribution in [-0.4, -0.2) is 51.8 Å². The zero-order chi connectivity index (χ0) is 25.4. The zero-order valence-corrected chi connectivity index (χ0v) is 20.1. The largest absolute Gasteiger partial charge is 0.477 e. The summed E-state index contributed by atoms with van der Waals surface area (Å²) < 4.78 is 23.7. The molecular formula is C26H27FN5O4+. The molecule has 9 nitrogen and oxygen atoms in total. The standard InChI is InChI=1S/C26H26FN5O4/c1-3-30-15-21(26(34)35)25(33)20-12-22(27)24(13-23(20)30)31-10-8-29(9-11-31)14-18-4-6-19(7-5-18)32-16-36-17(2)28-32/h4-7,12-13,15-16H,3,8-11,14H2,1-2H3/p+1. The Morgan fingerprint density at radius 2 is 1.89 bits per heavy atom. The molecule has 0 radical (unpaired) electrons. The minimum atomic E-state index is -1.31. The summed E-state index contributed by atoms with van der Waals surface area (Å²) in [5.74, 6) is -1.23. The fourth-order valence-corrected chi connectivity index (χ4v) is 4.66. The van der Waals surface area contributed by atoms with E-state index in [-0.39, 0.29) is 10.9 Å². The molecule has 1 saturated heterocycles. The molecule has 1 N–H and O–H groups in total. The van der Waals surface area contributed by atoms with E-state index in [0.717, 1.165) is 25.3 Å². The molecule has 2 aromatic heterocycles. The van der Waals surface area contributed by atoms with Crippen molar-refractivity contribution in [2.24, 2.45) is 0 Å². The number of pyridine rings is 1. The van der Waals surface area contributed by atoms with Crippen LogP contribution in [0, 0.1) is 12.7 Å². The van der Waals surface area contributed by atoms with Gasteiger partial charge in [0, 0.05) is 75.0 Å². The SMILES string of the molecule is CCn1cc(C(=O)O)c(=O)c2cc(F)c(N3CCN(Cc4ccc(-[n+]5coc(C)n5)cc4)CC3)cc21. The summed E-state index contributed by atoms with van der Waals surface area (Å²) >= 11 is 0. The molecule has 0 bridgehead atoms. The first kappa shape index (κ1) is 23.7. The van der Waals surface area contributed by atoms with E-state index in [1.165, 1.54) is 17.8 Å². The van der Waals surface area contributed by atoms with Gasteiger partial charge in [0.1, 0.15) is 11.4 Å². The normalized spacial score (nSPS) is 14.5. The van der Waals surface area contributed by atoms with Gasteiger partial charge in [-0.1, -0.05) is 12.1 Å². The van der Waals surface area contributed by atoms with Crippen molar-refractivity contribution in [1.29, 1.82) is 0 Å². The lowest BCUT2D eigenvalue weighted by molar-refractivity contribution is -0.660. The van der Waals surface area contributed by atoms with Gasteiger partial charge in [-0.15, -0.1) is 0 Å². The van der Waals surface area contributed by atoms with Crippen LogP contribution in [0.25, 0.3) is 16.6 Å². The number of carbonyl (C=O) groups is 1. The number of aromatic nitrogens is 3. The number of aryl methyl sites for hydroxylation is 2. The molecule has 10 heteroatoms. The van der Waals surface area contributed by atoms with Crippen LogP contribution >= 0.6 is 0 Å². The Labute approximate surface area is 206 Å². The van der Waals surface area contributed by atoms with Crippen molar-refractivity contribution in [2.45, 2.75) is 26.9 Å². The molecule has 1 fully saturated rings. The maximum Gasteiger partial charge on any atom is 0.368 e. The number of hydrogen-bond acceptors (Lipinski definition) is 6. The highest BCUT2D eigenvalue weighted by Gasteiger charge is 2.23. The van der Waals surface area contributed by atoms with Crippen LogP contribution in [0.15, 0.2) is 58.2 Å². The van der Waals surface area contributed by atoms with Gasteiger partial charge in [0.2, 0.25) is 11.1 Å². The molecule has 1 aliphatic rings. The fourth-order valence-electron chi connectivity index (χ4n) is 4.66. The molecule has 0 atom stereocenters. The molecule has 2 aromatic carbocycles. The molecule has 36 heavy (non-hydrogen) atoms. The summed E-state index contributed by atoms with van der Waals surface area (Å²) in [7, 11) is 0. The van der Waals surface area contributed by atoms with Gasteiger partial charge in [-0.3, -0.25) is 9.69 Å². The number of nitrogens with zero attached hydrogens (tertiary/aromatic N) is 5. The second kappa shape index (κ2) is 9.54. The van der Waals surface area contributed by atoms with Crippen LogP contribution in [0.2, 0.25) is 0 Å². The van der Waals surface area contributed by atoms with Gasteiger partial charge in [-0.25, -0.2) is 9.18 Å². The average Bonchev–Trinajstić information content (AvgIpc) is 3.31. The highest BCUT2D eigenvalue weighted by atomic mass is 19.1. The maximum absolute atomic E-state index is 15.1. The van der Waals surface area contributed by atoms with Crippen LogP contribution in [0.3, 0.4) is 0 Å². The highest BCUT2D eigenvalue weighted by Crippen LogP contribution is 2.26. The van der Waals surface area contributed by atoms with Gasteiger partial charge in [-0.2, -0.15) is 0 Å². The lowest BCUT2D eigenvalue weighted by atomic mass is 10.1. The second-order valence-electron chi connectivity index (χ2n) is 8.90. The number of hydrogen-bond donors (Lipinski definition) is 1. The summed E-state index contributed by atoms with van der Waals surface area (Å²) in [4.78, 5) is 28.4. The molecule has 0 aliphatic carbocycles. The van der Waals surface area contributed by atoms with E-state index in [0.29, 0.717) is 36.7 Å². The van der Waals surface area contributed by atoms with Gasteiger partial charge in [0.05, 0.1) is 11.2 Å². The van der Waals surface area contributed by atoms with Crippen LogP contribution < -0.4 is 15.0 Å². The lowest BCUT2D eigenvalue weighted by Crippen LogP contribution is -2.46. The summed E-state index contributed by atoms with van der Waals surface area (Å²) in [6.07, 6.45) is 2.90. The molecule has 0 amide bonds. The van der Waals surface area contributed by atoms with Crippen molar-refractivity contribution in [3.8, 4) is 5.69 Å². The number of aromatic carboxylic acids is 1. The molecule has 186 valence electrons. The highest BCUT2D eigenvalue weighted by molar-refractivity contribution is 5.93. The van der Waals surface area contributed by atoms with Gasteiger partial charge >= 0.3 is 12.4 Å². The van der Waals surface area contributed by atoms with Gasteiger partial charge in [0.15, 0.2) is 0 Å². The number of carboxylic acid groups (broad SMARTS) is 1. The Kier molecular flexibility index (Phi) is 6.27. The Balaban J connectivity index is 1.30. The third kappa shape index (κ3) is 4.47. The van der Waals surface area contributed by atoms with Crippen LogP contribution in [-0.2, 0) is 13.1 Å². The van der Waals surface area contributed by atoms with Crippen LogP contribution in [0.5, 0.6) is 0 Å². The average molecular weight is 493 g/mol. The van der Waals surface area contributed by atoms with E-state index in [4.69, 9.17) is 4.42 Å². The molecule has 0 saturated carbocycles. The molecule has 5 rings (SSSR count). The Bertz CT molecular complexity index is 1490. The molecule has 1 aliphatic heterocycles. The molecule has 0 spiro atoms. The van der Waals surface area contributed by atoms with E-state index < -0.39 is 17.2 Å². The lowest BCUT2D eigenvalue weighted by Gasteiger charge is -2.36. The predicted octanol–water partition coefficient (Wildman–Crippen LogP) is 2.75. The third-order valence-electron chi connectivity index (χ3n) is 6.61. The summed E-state index contributed by atoms with van der Waals surface area (Å²) in [5.41, 5.74) is 2.04. The van der Waals surface area contributed by atoms with Crippen molar-refractivity contribution in [1.82, 2.24) is 14.6 Å². The second-order valence-corrected chi connectivity index (χ2v) is 8.90. The molecular weight excluding hydrogens is 465 g/mol. The Morgan fingerprint density at radius 3 is 2.50 bits per heavy atom. The molecule has 4 aromatic rings.